The van der Waals surface area contributed by atoms with E-state index >= 15 is 0 Å². The summed E-state index contributed by atoms with van der Waals surface area (Å²) in [6.45, 7) is 16.7. The van der Waals surface area contributed by atoms with Crippen LogP contribution in [0, 0.1) is 11.3 Å². The zero-order valence-electron chi connectivity index (χ0n) is 15.9. The molecule has 4 heteroatoms. The van der Waals surface area contributed by atoms with Gasteiger partial charge in [-0.15, -0.1) is 13.2 Å². The number of benzene rings is 1. The Labute approximate surface area is 152 Å². The second-order valence-electron chi connectivity index (χ2n) is 8.27. The topological polar surface area (TPSA) is 35.5 Å². The van der Waals surface area contributed by atoms with Crippen LogP contribution in [-0.2, 0) is 9.78 Å². The van der Waals surface area contributed by atoms with Crippen molar-refractivity contribution in [2.45, 2.75) is 52.7 Å². The molecule has 0 amide bonds. The summed E-state index contributed by atoms with van der Waals surface area (Å²) in [6, 6.07) is 7.48. The van der Waals surface area contributed by atoms with Gasteiger partial charge in [-0.2, -0.15) is 4.89 Å². The van der Waals surface area contributed by atoms with Crippen molar-refractivity contribution in [3.05, 3.63) is 54.4 Å². The molecule has 0 saturated heterocycles. The maximum atomic E-state index is 12.3. The molecule has 0 aromatic heterocycles. The minimum Gasteiger partial charge on any atom is -0.293 e. The standard InChI is InChI=1S/C21H30O3Si/c1-7-25(6,8-2)19-11-9-17(10-12-19)20(22)24-23-18-13-16(3)14-21(4,5)15-18/h7-12,16,18H,1-2,13-15H2,3-6H3. The molecule has 0 heterocycles. The molecule has 2 rings (SSSR count). The lowest BCUT2D eigenvalue weighted by molar-refractivity contribution is -0.287. The summed E-state index contributed by atoms with van der Waals surface area (Å²) in [5.74, 6) is 0.135. The van der Waals surface area contributed by atoms with Gasteiger partial charge in [-0.25, -0.2) is 4.79 Å². The SMILES string of the molecule is C=C[Si](C)(C=C)c1ccc(C(=O)OOC2CC(C)CC(C)(C)C2)cc1. The molecule has 0 radical (unpaired) electrons. The summed E-state index contributed by atoms with van der Waals surface area (Å²) in [5.41, 5.74) is 4.67. The van der Waals surface area contributed by atoms with Crippen molar-refractivity contribution in [1.82, 2.24) is 0 Å². The van der Waals surface area contributed by atoms with Crippen molar-refractivity contribution in [2.75, 3.05) is 0 Å². The Morgan fingerprint density at radius 1 is 1.20 bits per heavy atom. The summed E-state index contributed by atoms with van der Waals surface area (Å²) in [4.78, 5) is 22.8. The fraction of sp³-hybridized carbons (Fsp3) is 0.476. The van der Waals surface area contributed by atoms with Crippen LogP contribution < -0.4 is 5.19 Å². The fourth-order valence-electron chi connectivity index (χ4n) is 3.78. The van der Waals surface area contributed by atoms with Gasteiger partial charge in [0.15, 0.2) is 0 Å². The quantitative estimate of drug-likeness (QED) is 0.419. The highest BCUT2D eigenvalue weighted by molar-refractivity contribution is 6.98. The van der Waals surface area contributed by atoms with Crippen LogP contribution in [0.4, 0.5) is 0 Å². The fourth-order valence-corrected chi connectivity index (χ4v) is 5.30. The van der Waals surface area contributed by atoms with Gasteiger partial charge in [-0.1, -0.05) is 56.0 Å². The molecule has 0 spiro atoms. The molecular formula is C21H30O3Si. The number of carbonyl (C=O) groups excluding carboxylic acids is 1. The van der Waals surface area contributed by atoms with E-state index in [-0.39, 0.29) is 11.5 Å². The lowest BCUT2D eigenvalue weighted by atomic mass is 9.71. The second-order valence-corrected chi connectivity index (χ2v) is 12.2. The Balaban J connectivity index is 1.97. The number of rotatable bonds is 6. The van der Waals surface area contributed by atoms with Crippen LogP contribution in [0.2, 0.25) is 6.55 Å². The van der Waals surface area contributed by atoms with Gasteiger partial charge in [0.05, 0.1) is 5.56 Å². The Bertz CT molecular complexity index is 625. The monoisotopic (exact) mass is 358 g/mol. The highest BCUT2D eigenvalue weighted by Crippen LogP contribution is 2.39. The van der Waals surface area contributed by atoms with Gasteiger partial charge in [0.1, 0.15) is 14.2 Å². The van der Waals surface area contributed by atoms with Crippen molar-refractivity contribution >= 4 is 19.2 Å². The molecule has 0 aliphatic heterocycles. The molecule has 1 aliphatic rings. The number of hydrogen-bond acceptors (Lipinski definition) is 3. The highest BCUT2D eigenvalue weighted by Gasteiger charge is 2.34. The zero-order chi connectivity index (χ0) is 18.7. The van der Waals surface area contributed by atoms with E-state index in [1.54, 1.807) is 12.1 Å². The maximum Gasteiger partial charge on any atom is 0.373 e. The van der Waals surface area contributed by atoms with E-state index in [0.29, 0.717) is 11.5 Å². The summed E-state index contributed by atoms with van der Waals surface area (Å²) in [5, 5.41) is 1.16. The predicted molar refractivity (Wildman–Crippen MR) is 105 cm³/mol. The van der Waals surface area contributed by atoms with E-state index in [1.807, 2.05) is 23.5 Å². The molecule has 2 atom stereocenters. The van der Waals surface area contributed by atoms with Gasteiger partial charge in [-0.3, -0.25) is 4.89 Å². The first-order chi connectivity index (χ1) is 11.7. The van der Waals surface area contributed by atoms with Gasteiger partial charge in [0.25, 0.3) is 0 Å². The van der Waals surface area contributed by atoms with Crippen LogP contribution in [0.1, 0.15) is 50.4 Å². The normalized spacial score (nSPS) is 22.9. The smallest absolute Gasteiger partial charge is 0.293 e. The molecule has 25 heavy (non-hydrogen) atoms. The molecule has 2 unspecified atom stereocenters. The van der Waals surface area contributed by atoms with Crippen LogP contribution in [0.3, 0.4) is 0 Å². The van der Waals surface area contributed by atoms with Crippen molar-refractivity contribution in [3.63, 3.8) is 0 Å². The lowest BCUT2D eigenvalue weighted by Gasteiger charge is -2.37. The molecule has 0 N–H and O–H groups in total. The van der Waals surface area contributed by atoms with Crippen LogP contribution in [0.5, 0.6) is 0 Å². The van der Waals surface area contributed by atoms with Crippen LogP contribution in [0.25, 0.3) is 0 Å². The summed E-state index contributed by atoms with van der Waals surface area (Å²) in [7, 11) is -1.86. The molecule has 1 aromatic carbocycles. The molecular weight excluding hydrogens is 328 g/mol. The maximum absolute atomic E-state index is 12.3. The van der Waals surface area contributed by atoms with Crippen molar-refractivity contribution in [3.8, 4) is 0 Å². The first-order valence-corrected chi connectivity index (χ1v) is 11.6. The average molecular weight is 359 g/mol. The van der Waals surface area contributed by atoms with E-state index < -0.39 is 14.0 Å². The minimum atomic E-state index is -1.86. The average Bonchev–Trinajstić information content (AvgIpc) is 2.57. The highest BCUT2D eigenvalue weighted by atomic mass is 28.3. The second kappa shape index (κ2) is 7.71. The molecule has 1 fully saturated rings. The van der Waals surface area contributed by atoms with E-state index in [4.69, 9.17) is 9.78 Å². The first kappa shape index (κ1) is 19.7. The van der Waals surface area contributed by atoms with Crippen LogP contribution >= 0.6 is 0 Å². The summed E-state index contributed by atoms with van der Waals surface area (Å²) >= 11 is 0. The van der Waals surface area contributed by atoms with Crippen LogP contribution in [0.15, 0.2) is 48.8 Å². The third-order valence-electron chi connectivity index (χ3n) is 5.20. The van der Waals surface area contributed by atoms with Crippen molar-refractivity contribution < 1.29 is 14.6 Å². The third-order valence-corrected chi connectivity index (χ3v) is 8.47. The molecule has 3 nitrogen and oxygen atoms in total. The Kier molecular flexibility index (Phi) is 6.06. The summed E-state index contributed by atoms with van der Waals surface area (Å²) < 4.78 is 0. The van der Waals surface area contributed by atoms with Gasteiger partial charge < -0.3 is 0 Å². The molecule has 1 aromatic rings. The molecule has 1 aliphatic carbocycles. The van der Waals surface area contributed by atoms with Gasteiger partial charge in [-0.05, 0) is 42.7 Å². The number of hydrogen-bond donors (Lipinski definition) is 0. The molecule has 0 bridgehead atoms. The minimum absolute atomic E-state index is 0.0285. The lowest BCUT2D eigenvalue weighted by Crippen LogP contribution is -2.40. The van der Waals surface area contributed by atoms with E-state index in [2.05, 4.69) is 40.5 Å². The van der Waals surface area contributed by atoms with Crippen LogP contribution in [-0.4, -0.2) is 20.1 Å². The van der Waals surface area contributed by atoms with Gasteiger partial charge in [0.2, 0.25) is 0 Å². The first-order valence-electron chi connectivity index (χ1n) is 8.94. The largest absolute Gasteiger partial charge is 0.373 e. The summed E-state index contributed by atoms with van der Waals surface area (Å²) in [6.07, 6.45) is 2.99. The third kappa shape index (κ3) is 4.92. The predicted octanol–water partition coefficient (Wildman–Crippen LogP) is 4.73. The Hall–Kier alpha value is -1.65. The van der Waals surface area contributed by atoms with Gasteiger partial charge >= 0.3 is 5.97 Å². The van der Waals surface area contributed by atoms with E-state index in [9.17, 15) is 4.79 Å². The Morgan fingerprint density at radius 3 is 2.32 bits per heavy atom. The van der Waals surface area contributed by atoms with Gasteiger partial charge in [0, 0.05) is 0 Å². The van der Waals surface area contributed by atoms with Crippen molar-refractivity contribution in [1.29, 1.82) is 0 Å². The number of carbonyl (C=O) groups is 1. The Morgan fingerprint density at radius 2 is 1.80 bits per heavy atom. The molecule has 1 saturated carbocycles. The van der Waals surface area contributed by atoms with E-state index in [0.717, 1.165) is 18.0 Å². The zero-order valence-corrected chi connectivity index (χ0v) is 16.9. The molecule has 136 valence electrons. The van der Waals surface area contributed by atoms with E-state index in [1.165, 1.54) is 6.42 Å². The van der Waals surface area contributed by atoms with Crippen molar-refractivity contribution in [2.24, 2.45) is 11.3 Å².